The van der Waals surface area contributed by atoms with Crippen LogP contribution in [0, 0.1) is 13.8 Å². The summed E-state index contributed by atoms with van der Waals surface area (Å²) in [5.41, 5.74) is 1.08. The maximum absolute atomic E-state index is 12.4. The quantitative estimate of drug-likeness (QED) is 0.410. The van der Waals surface area contributed by atoms with Crippen LogP contribution < -0.4 is 20.1 Å². The number of aryl methyl sites for hydroxylation is 2. The molecule has 31 heavy (non-hydrogen) atoms. The summed E-state index contributed by atoms with van der Waals surface area (Å²) >= 11 is 0. The van der Waals surface area contributed by atoms with Gasteiger partial charge < -0.3 is 15.4 Å². The van der Waals surface area contributed by atoms with Gasteiger partial charge in [-0.25, -0.2) is 28.1 Å². The molecule has 9 nitrogen and oxygen atoms in total. The van der Waals surface area contributed by atoms with E-state index in [4.69, 9.17) is 4.74 Å². The molecule has 10 heteroatoms. The summed E-state index contributed by atoms with van der Waals surface area (Å²) in [5, 5.41) is 6.27. The molecule has 0 unspecified atom stereocenters. The molecule has 3 aromatic rings. The fraction of sp³-hybridized carbons (Fsp3) is 0.286. The predicted molar refractivity (Wildman–Crippen MR) is 120 cm³/mol. The van der Waals surface area contributed by atoms with Crippen molar-refractivity contribution in [3.63, 3.8) is 0 Å². The van der Waals surface area contributed by atoms with Crippen LogP contribution in [0.4, 0.5) is 17.5 Å². The molecule has 3 N–H and O–H groups in total. The summed E-state index contributed by atoms with van der Waals surface area (Å²) in [6, 6.07) is 11.9. The van der Waals surface area contributed by atoms with Crippen LogP contribution in [0.5, 0.6) is 5.75 Å². The molecule has 0 bridgehead atoms. The molecule has 2 aromatic heterocycles. The van der Waals surface area contributed by atoms with E-state index in [0.29, 0.717) is 42.2 Å². The van der Waals surface area contributed by atoms with Crippen LogP contribution in [0.1, 0.15) is 18.3 Å². The molecule has 164 valence electrons. The van der Waals surface area contributed by atoms with E-state index in [-0.39, 0.29) is 11.4 Å². The second-order valence-electron chi connectivity index (χ2n) is 6.76. The smallest absolute Gasteiger partial charge is 0.240 e. The zero-order valence-electron chi connectivity index (χ0n) is 17.7. The first-order valence-corrected chi connectivity index (χ1v) is 11.4. The first-order valence-electron chi connectivity index (χ1n) is 9.87. The van der Waals surface area contributed by atoms with Crippen molar-refractivity contribution in [2.45, 2.75) is 25.7 Å². The van der Waals surface area contributed by atoms with E-state index < -0.39 is 10.0 Å². The topological polar surface area (TPSA) is 118 Å². The monoisotopic (exact) mass is 442 g/mol. The van der Waals surface area contributed by atoms with Crippen molar-refractivity contribution in [2.75, 3.05) is 30.3 Å². The second-order valence-corrected chi connectivity index (χ2v) is 8.52. The molecule has 0 spiro atoms. The molecule has 0 saturated heterocycles. The molecule has 3 rings (SSSR count). The molecule has 0 amide bonds. The normalized spacial score (nSPS) is 11.2. The summed E-state index contributed by atoms with van der Waals surface area (Å²) in [7, 11) is -3.61. The number of nitrogens with zero attached hydrogens (tertiary/aromatic N) is 3. The Morgan fingerprint density at radius 2 is 1.68 bits per heavy atom. The van der Waals surface area contributed by atoms with Gasteiger partial charge in [-0.15, -0.1) is 0 Å². The average Bonchev–Trinajstić information content (AvgIpc) is 2.72. The minimum absolute atomic E-state index is 0.186. The molecule has 0 atom stereocenters. The molecular formula is C21H26N6O3S. The molecular weight excluding hydrogens is 416 g/mol. The van der Waals surface area contributed by atoms with E-state index in [9.17, 15) is 8.42 Å². The minimum atomic E-state index is -3.61. The Hall–Kier alpha value is -3.24. The highest BCUT2D eigenvalue weighted by Gasteiger charge is 2.13. The van der Waals surface area contributed by atoms with Crippen molar-refractivity contribution >= 4 is 27.5 Å². The summed E-state index contributed by atoms with van der Waals surface area (Å²) in [6.07, 6.45) is 1.72. The third-order valence-electron chi connectivity index (χ3n) is 4.18. The van der Waals surface area contributed by atoms with Gasteiger partial charge in [0.25, 0.3) is 0 Å². The maximum atomic E-state index is 12.4. The number of pyridine rings is 1. The largest absolute Gasteiger partial charge is 0.494 e. The van der Waals surface area contributed by atoms with Gasteiger partial charge in [0.15, 0.2) is 0 Å². The molecule has 1 aromatic carbocycles. The Bertz CT molecular complexity index is 1120. The number of nitrogens with one attached hydrogen (secondary N) is 3. The van der Waals surface area contributed by atoms with Crippen molar-refractivity contribution in [3.8, 4) is 5.75 Å². The maximum Gasteiger partial charge on any atom is 0.240 e. The molecule has 0 radical (unpaired) electrons. The van der Waals surface area contributed by atoms with Gasteiger partial charge in [0.2, 0.25) is 10.0 Å². The Labute approximate surface area is 182 Å². The second kappa shape index (κ2) is 10.2. The number of sulfonamides is 1. The van der Waals surface area contributed by atoms with Gasteiger partial charge in [0.1, 0.15) is 29.0 Å². The molecule has 0 aliphatic rings. The van der Waals surface area contributed by atoms with Crippen LogP contribution in [-0.2, 0) is 10.0 Å². The van der Waals surface area contributed by atoms with Crippen LogP contribution in [0.15, 0.2) is 53.6 Å². The molecule has 0 fully saturated rings. The van der Waals surface area contributed by atoms with Gasteiger partial charge in [0, 0.05) is 25.4 Å². The molecule has 0 saturated carbocycles. The van der Waals surface area contributed by atoms with Crippen molar-refractivity contribution in [2.24, 2.45) is 0 Å². The zero-order valence-corrected chi connectivity index (χ0v) is 18.5. The van der Waals surface area contributed by atoms with Gasteiger partial charge in [-0.1, -0.05) is 0 Å². The van der Waals surface area contributed by atoms with Gasteiger partial charge in [0.05, 0.1) is 11.5 Å². The zero-order chi connectivity index (χ0) is 22.3. The lowest BCUT2D eigenvalue weighted by molar-refractivity contribution is 0.340. The number of aromatic nitrogens is 3. The highest BCUT2D eigenvalue weighted by atomic mass is 32.2. The standard InChI is InChI=1S/C21H26N6O3S/c1-4-30-17-5-7-18(8-6-17)31(28,29)24-12-11-23-20-14-21(26-16(3)25-20)27-19-13-15(2)9-10-22-19/h5-10,13-14,24H,4,11-12H2,1-3H3,(H2,22,23,25,26,27). The van der Waals surface area contributed by atoms with Crippen LogP contribution in [0.2, 0.25) is 0 Å². The van der Waals surface area contributed by atoms with E-state index in [2.05, 4.69) is 30.3 Å². The van der Waals surface area contributed by atoms with E-state index in [0.717, 1.165) is 5.56 Å². The summed E-state index contributed by atoms with van der Waals surface area (Å²) in [6.45, 7) is 6.72. The number of hydrogen-bond donors (Lipinski definition) is 3. The van der Waals surface area contributed by atoms with Crippen molar-refractivity contribution in [3.05, 3.63) is 60.0 Å². The lowest BCUT2D eigenvalue weighted by Gasteiger charge is -2.11. The first kappa shape index (κ1) is 22.4. The Morgan fingerprint density at radius 3 is 2.39 bits per heavy atom. The third kappa shape index (κ3) is 6.63. The van der Waals surface area contributed by atoms with E-state index in [1.165, 1.54) is 12.1 Å². The number of benzene rings is 1. The summed E-state index contributed by atoms with van der Waals surface area (Å²) in [5.74, 6) is 3.08. The van der Waals surface area contributed by atoms with Crippen molar-refractivity contribution < 1.29 is 13.2 Å². The lowest BCUT2D eigenvalue weighted by Crippen LogP contribution is -2.29. The lowest BCUT2D eigenvalue weighted by atomic mass is 10.3. The van der Waals surface area contributed by atoms with E-state index in [1.807, 2.05) is 26.0 Å². The number of hydrogen-bond acceptors (Lipinski definition) is 8. The van der Waals surface area contributed by atoms with Crippen molar-refractivity contribution in [1.29, 1.82) is 0 Å². The SMILES string of the molecule is CCOc1ccc(S(=O)(=O)NCCNc2cc(Nc3cc(C)ccn3)nc(C)n2)cc1. The molecule has 0 aliphatic heterocycles. The first-order chi connectivity index (χ1) is 14.9. The highest BCUT2D eigenvalue weighted by molar-refractivity contribution is 7.89. The third-order valence-corrected chi connectivity index (χ3v) is 5.65. The molecule has 2 heterocycles. The Morgan fingerprint density at radius 1 is 0.935 bits per heavy atom. The molecule has 0 aliphatic carbocycles. The summed E-state index contributed by atoms with van der Waals surface area (Å²) < 4.78 is 32.8. The summed E-state index contributed by atoms with van der Waals surface area (Å²) in [4.78, 5) is 13.2. The predicted octanol–water partition coefficient (Wildman–Crippen LogP) is 3.02. The van der Waals surface area contributed by atoms with Crippen LogP contribution in [0.25, 0.3) is 0 Å². The number of rotatable bonds is 10. The van der Waals surface area contributed by atoms with Crippen LogP contribution >= 0.6 is 0 Å². The van der Waals surface area contributed by atoms with Gasteiger partial charge in [-0.3, -0.25) is 0 Å². The highest BCUT2D eigenvalue weighted by Crippen LogP contribution is 2.17. The Kier molecular flexibility index (Phi) is 7.37. The average molecular weight is 443 g/mol. The van der Waals surface area contributed by atoms with E-state index >= 15 is 0 Å². The van der Waals surface area contributed by atoms with Crippen LogP contribution in [0.3, 0.4) is 0 Å². The number of anilines is 3. The fourth-order valence-electron chi connectivity index (χ4n) is 2.80. The van der Waals surface area contributed by atoms with Gasteiger partial charge in [-0.05, 0) is 62.7 Å². The number of ether oxygens (including phenoxy) is 1. The van der Waals surface area contributed by atoms with E-state index in [1.54, 1.807) is 31.3 Å². The fourth-order valence-corrected chi connectivity index (χ4v) is 3.83. The van der Waals surface area contributed by atoms with Crippen LogP contribution in [-0.4, -0.2) is 43.1 Å². The van der Waals surface area contributed by atoms with Gasteiger partial charge >= 0.3 is 0 Å². The minimum Gasteiger partial charge on any atom is -0.494 e. The van der Waals surface area contributed by atoms with Crippen molar-refractivity contribution in [1.82, 2.24) is 19.7 Å². The van der Waals surface area contributed by atoms with Gasteiger partial charge in [-0.2, -0.15) is 0 Å². The Balaban J connectivity index is 1.55.